The lowest BCUT2D eigenvalue weighted by atomic mass is 10.1. The molecule has 2 nitrogen and oxygen atoms in total. The maximum Gasteiger partial charge on any atom is 0.0628 e. The second-order valence-electron chi connectivity index (χ2n) is 3.23. The van der Waals surface area contributed by atoms with Gasteiger partial charge in [-0.25, -0.2) is 0 Å². The van der Waals surface area contributed by atoms with Crippen molar-refractivity contribution in [2.45, 2.75) is 61.4 Å². The molecule has 16 heavy (non-hydrogen) atoms. The van der Waals surface area contributed by atoms with Gasteiger partial charge in [0.25, 0.3) is 0 Å². The van der Waals surface area contributed by atoms with Crippen molar-refractivity contribution in [2.75, 3.05) is 0 Å². The third kappa shape index (κ3) is 6.44. The van der Waals surface area contributed by atoms with E-state index in [1.165, 1.54) is 11.1 Å². The highest BCUT2D eigenvalue weighted by Gasteiger charge is 2.02. The van der Waals surface area contributed by atoms with E-state index < -0.39 is 0 Å². The molecular weight excluding hydrogens is 196 g/mol. The molecule has 0 saturated carbocycles. The summed E-state index contributed by atoms with van der Waals surface area (Å²) in [6, 6.07) is 0. The first kappa shape index (κ1) is 17.3. The van der Waals surface area contributed by atoms with E-state index >= 15 is 0 Å². The summed E-state index contributed by atoms with van der Waals surface area (Å²) in [5.41, 5.74) is 3.61. The topological polar surface area (TPSA) is 17.8 Å². The van der Waals surface area contributed by atoms with E-state index in [0.717, 1.165) is 18.7 Å². The van der Waals surface area contributed by atoms with Crippen molar-refractivity contribution in [3.63, 3.8) is 0 Å². The molecule has 0 unspecified atom stereocenters. The molecule has 0 aliphatic heterocycles. The van der Waals surface area contributed by atoms with Crippen LogP contribution in [0.3, 0.4) is 0 Å². The highest BCUT2D eigenvalue weighted by molar-refractivity contribution is 5.20. The predicted octanol–water partition coefficient (Wildman–Crippen LogP) is 4.38. The van der Waals surface area contributed by atoms with Crippen LogP contribution in [0.4, 0.5) is 0 Å². The number of aromatic nitrogens is 2. The second-order valence-corrected chi connectivity index (χ2v) is 3.23. The Balaban J connectivity index is 0. The minimum absolute atomic E-state index is 0.941. The molecule has 0 fully saturated rings. The molecule has 0 amide bonds. The average Bonchev–Trinajstić information content (AvgIpc) is 2.64. The molecule has 2 heteroatoms. The summed E-state index contributed by atoms with van der Waals surface area (Å²) in [6.45, 7) is 19.0. The molecule has 1 rings (SSSR count). The van der Waals surface area contributed by atoms with Crippen LogP contribution >= 0.6 is 0 Å². The second kappa shape index (κ2) is 10.5. The van der Waals surface area contributed by atoms with Gasteiger partial charge in [0, 0.05) is 12.7 Å². The smallest absolute Gasteiger partial charge is 0.0628 e. The van der Waals surface area contributed by atoms with Gasteiger partial charge in [-0.05, 0) is 32.8 Å². The lowest BCUT2D eigenvalue weighted by Crippen LogP contribution is -1.93. The Labute approximate surface area is 101 Å². The van der Waals surface area contributed by atoms with Crippen LogP contribution in [0.2, 0.25) is 0 Å². The van der Waals surface area contributed by atoms with Gasteiger partial charge in [0.15, 0.2) is 0 Å². The van der Waals surface area contributed by atoms with Gasteiger partial charge >= 0.3 is 0 Å². The maximum absolute atomic E-state index is 4.36. The Morgan fingerprint density at radius 2 is 1.81 bits per heavy atom. The van der Waals surface area contributed by atoms with Gasteiger partial charge < -0.3 is 0 Å². The largest absolute Gasteiger partial charge is 0.272 e. The van der Waals surface area contributed by atoms with Gasteiger partial charge in [-0.3, -0.25) is 4.68 Å². The van der Waals surface area contributed by atoms with Gasteiger partial charge in [-0.2, -0.15) is 5.10 Å². The highest BCUT2D eigenvalue weighted by Crippen LogP contribution is 2.10. The number of hydrogen-bond donors (Lipinski definition) is 0. The van der Waals surface area contributed by atoms with Gasteiger partial charge in [-0.15, -0.1) is 0 Å². The number of allylic oxidation sites excluding steroid dienone is 1. The van der Waals surface area contributed by atoms with Crippen LogP contribution in [0.15, 0.2) is 18.3 Å². The fourth-order valence-electron chi connectivity index (χ4n) is 1.22. The number of rotatable bonds is 3. The van der Waals surface area contributed by atoms with Crippen molar-refractivity contribution >= 4 is 0 Å². The summed E-state index contributed by atoms with van der Waals surface area (Å²) in [4.78, 5) is 0. The summed E-state index contributed by atoms with van der Waals surface area (Å²) in [5.74, 6) is 0. The van der Waals surface area contributed by atoms with Gasteiger partial charge in [0.2, 0.25) is 0 Å². The lowest BCUT2D eigenvalue weighted by molar-refractivity contribution is 0.653. The van der Waals surface area contributed by atoms with Crippen LogP contribution in [-0.4, -0.2) is 9.78 Å². The molecule has 1 aromatic heterocycles. The van der Waals surface area contributed by atoms with E-state index in [1.54, 1.807) is 0 Å². The van der Waals surface area contributed by atoms with Crippen molar-refractivity contribution in [1.29, 1.82) is 0 Å². The minimum Gasteiger partial charge on any atom is -0.272 e. The molecule has 1 aromatic rings. The Morgan fingerprint density at radius 1 is 1.31 bits per heavy atom. The molecule has 94 valence electrons. The monoisotopic (exact) mass is 224 g/mol. The fourth-order valence-corrected chi connectivity index (χ4v) is 1.22. The van der Waals surface area contributed by atoms with Gasteiger partial charge in [0.05, 0.1) is 5.69 Å². The van der Waals surface area contributed by atoms with Crippen molar-refractivity contribution in [3.8, 4) is 0 Å². The minimum atomic E-state index is 0.941. The first-order chi connectivity index (χ1) is 7.63. The first-order valence-electron chi connectivity index (χ1n) is 6.30. The standard InChI is InChI=1S/C10H16N2.2C2H6/c1-5-12-7-10(6-8(2)3)9(4)11-12;2*1-2/h7H,2,5-6H2,1,3-4H3;2*1-2H3. The third-order valence-corrected chi connectivity index (χ3v) is 1.86. The summed E-state index contributed by atoms with van der Waals surface area (Å²) < 4.78 is 1.97. The third-order valence-electron chi connectivity index (χ3n) is 1.86. The van der Waals surface area contributed by atoms with Crippen molar-refractivity contribution in [1.82, 2.24) is 9.78 Å². The summed E-state index contributed by atoms with van der Waals surface area (Å²) in [6.07, 6.45) is 3.05. The summed E-state index contributed by atoms with van der Waals surface area (Å²) >= 11 is 0. The highest BCUT2D eigenvalue weighted by atomic mass is 15.3. The van der Waals surface area contributed by atoms with E-state index in [9.17, 15) is 0 Å². The molecule has 0 radical (unpaired) electrons. The molecule has 0 aromatic carbocycles. The van der Waals surface area contributed by atoms with Gasteiger partial charge in [0.1, 0.15) is 0 Å². The van der Waals surface area contributed by atoms with Crippen LogP contribution < -0.4 is 0 Å². The zero-order valence-corrected chi connectivity index (χ0v) is 12.1. The quantitative estimate of drug-likeness (QED) is 0.697. The van der Waals surface area contributed by atoms with Crippen molar-refractivity contribution in [2.24, 2.45) is 0 Å². The van der Waals surface area contributed by atoms with Crippen LogP contribution in [0.1, 0.15) is 52.8 Å². The van der Waals surface area contributed by atoms with E-state index in [4.69, 9.17) is 0 Å². The number of nitrogens with zero attached hydrogens (tertiary/aromatic N) is 2. The Hall–Kier alpha value is -1.05. The molecule has 0 saturated heterocycles. The zero-order valence-electron chi connectivity index (χ0n) is 12.1. The van der Waals surface area contributed by atoms with E-state index in [2.05, 4.69) is 24.8 Å². The number of hydrogen-bond acceptors (Lipinski definition) is 1. The maximum atomic E-state index is 4.36. The van der Waals surface area contributed by atoms with Crippen molar-refractivity contribution < 1.29 is 0 Å². The summed E-state index contributed by atoms with van der Waals surface area (Å²) in [7, 11) is 0. The molecule has 0 aliphatic rings. The lowest BCUT2D eigenvalue weighted by Gasteiger charge is -1.95. The fraction of sp³-hybridized carbons (Fsp3) is 0.643. The molecule has 0 spiro atoms. The predicted molar refractivity (Wildman–Crippen MR) is 73.9 cm³/mol. The summed E-state index contributed by atoms with van der Waals surface area (Å²) in [5, 5.41) is 4.36. The van der Waals surface area contributed by atoms with E-state index in [-0.39, 0.29) is 0 Å². The molecule has 0 atom stereocenters. The first-order valence-corrected chi connectivity index (χ1v) is 6.30. The van der Waals surface area contributed by atoms with Crippen LogP contribution in [0, 0.1) is 6.92 Å². The molecule has 1 heterocycles. The zero-order chi connectivity index (χ0) is 13.1. The molecule has 0 bridgehead atoms. The van der Waals surface area contributed by atoms with E-state index in [0.29, 0.717) is 0 Å². The SMILES string of the molecule is C=C(C)Cc1cn(CC)nc1C.CC.CC. The van der Waals surface area contributed by atoms with Crippen LogP contribution in [-0.2, 0) is 13.0 Å². The van der Waals surface area contributed by atoms with Crippen LogP contribution in [0.25, 0.3) is 0 Å². The normalized spacial score (nSPS) is 8.44. The molecule has 0 aliphatic carbocycles. The van der Waals surface area contributed by atoms with Gasteiger partial charge in [-0.1, -0.05) is 39.8 Å². The Bertz CT molecular complexity index is 285. The molecular formula is C14H28N2. The van der Waals surface area contributed by atoms with Crippen LogP contribution in [0.5, 0.6) is 0 Å². The number of aryl methyl sites for hydroxylation is 2. The van der Waals surface area contributed by atoms with E-state index in [1.807, 2.05) is 46.2 Å². The Kier molecular flexibility index (Phi) is 11.3. The average molecular weight is 224 g/mol. The Morgan fingerprint density at radius 3 is 2.12 bits per heavy atom. The molecule has 0 N–H and O–H groups in total. The van der Waals surface area contributed by atoms with Crippen molar-refractivity contribution in [3.05, 3.63) is 29.6 Å².